The summed E-state index contributed by atoms with van der Waals surface area (Å²) in [6.45, 7) is 4.04. The summed E-state index contributed by atoms with van der Waals surface area (Å²) < 4.78 is 0. The minimum atomic E-state index is -0.991. The second kappa shape index (κ2) is 5.16. The predicted molar refractivity (Wildman–Crippen MR) is 86.4 cm³/mol. The molecule has 0 atom stereocenters. The molecule has 1 aliphatic heterocycles. The van der Waals surface area contributed by atoms with Crippen molar-refractivity contribution in [3.63, 3.8) is 0 Å². The van der Waals surface area contributed by atoms with Gasteiger partial charge in [-0.05, 0) is 44.0 Å². The highest BCUT2D eigenvalue weighted by molar-refractivity contribution is 5.83. The minimum Gasteiger partial charge on any atom is -0.378 e. The van der Waals surface area contributed by atoms with Crippen molar-refractivity contribution in [2.45, 2.75) is 19.4 Å². The van der Waals surface area contributed by atoms with E-state index < -0.39 is 5.60 Å². The third-order valence-electron chi connectivity index (χ3n) is 3.31. The molecule has 3 nitrogen and oxygen atoms in total. The molecular weight excluding hydrogens is 260 g/mol. The fourth-order valence-corrected chi connectivity index (χ4v) is 2.34. The molecule has 0 unspecified atom stereocenters. The maximum Gasteiger partial charge on any atom is 0.121 e. The van der Waals surface area contributed by atoms with Crippen molar-refractivity contribution in [2.24, 2.45) is 0 Å². The Bertz CT molecular complexity index is 692. The lowest BCUT2D eigenvalue weighted by Gasteiger charge is -2.18. The lowest BCUT2D eigenvalue weighted by atomic mass is 10.1. The van der Waals surface area contributed by atoms with E-state index in [0.717, 1.165) is 17.1 Å². The standard InChI is InChI=1S/C18H18N2O/c1-18(2,21)12-13-19-14-20(15-8-4-3-5-9-15)17-11-7-6-10-16(17)19/h3-11,21H,14H2,1-2H3. The van der Waals surface area contributed by atoms with Gasteiger partial charge in [0, 0.05) is 11.7 Å². The van der Waals surface area contributed by atoms with Gasteiger partial charge < -0.3 is 10.0 Å². The lowest BCUT2D eigenvalue weighted by molar-refractivity contribution is 0.143. The van der Waals surface area contributed by atoms with E-state index in [1.165, 1.54) is 0 Å². The molecule has 2 aromatic carbocycles. The van der Waals surface area contributed by atoms with Gasteiger partial charge in [-0.2, -0.15) is 0 Å². The molecule has 0 saturated carbocycles. The van der Waals surface area contributed by atoms with Crippen LogP contribution in [-0.2, 0) is 0 Å². The van der Waals surface area contributed by atoms with Crippen LogP contribution in [0.3, 0.4) is 0 Å². The normalized spacial score (nSPS) is 13.7. The smallest absolute Gasteiger partial charge is 0.121 e. The van der Waals surface area contributed by atoms with Gasteiger partial charge in [-0.15, -0.1) is 0 Å². The number of para-hydroxylation sites is 3. The number of fused-ring (bicyclic) bond motifs is 1. The maximum absolute atomic E-state index is 9.80. The first-order chi connectivity index (χ1) is 10.0. The van der Waals surface area contributed by atoms with Gasteiger partial charge in [0.05, 0.1) is 11.4 Å². The third-order valence-corrected chi connectivity index (χ3v) is 3.31. The number of hydrogen-bond acceptors (Lipinski definition) is 3. The molecule has 1 heterocycles. The predicted octanol–water partition coefficient (Wildman–Crippen LogP) is 3.33. The molecule has 1 aliphatic rings. The highest BCUT2D eigenvalue weighted by Gasteiger charge is 2.25. The first kappa shape index (κ1) is 13.5. The molecule has 3 heteroatoms. The zero-order valence-corrected chi connectivity index (χ0v) is 12.2. The first-order valence-electron chi connectivity index (χ1n) is 6.99. The second-order valence-corrected chi connectivity index (χ2v) is 5.62. The van der Waals surface area contributed by atoms with Crippen molar-refractivity contribution in [2.75, 3.05) is 16.5 Å². The molecule has 0 aliphatic carbocycles. The molecule has 0 aromatic heterocycles. The molecule has 3 rings (SSSR count). The average molecular weight is 278 g/mol. The van der Waals surface area contributed by atoms with E-state index >= 15 is 0 Å². The summed E-state index contributed by atoms with van der Waals surface area (Å²) in [6.07, 6.45) is 0. The Morgan fingerprint density at radius 2 is 1.57 bits per heavy atom. The fourth-order valence-electron chi connectivity index (χ4n) is 2.34. The first-order valence-corrected chi connectivity index (χ1v) is 6.99. The van der Waals surface area contributed by atoms with Crippen LogP contribution in [0.2, 0.25) is 0 Å². The maximum atomic E-state index is 9.80. The lowest BCUT2D eigenvalue weighted by Crippen LogP contribution is -2.25. The summed E-state index contributed by atoms with van der Waals surface area (Å²) in [7, 11) is 0. The summed E-state index contributed by atoms with van der Waals surface area (Å²) in [6, 6.07) is 21.5. The zero-order chi connectivity index (χ0) is 14.9. The van der Waals surface area contributed by atoms with Crippen molar-refractivity contribution in [3.8, 4) is 12.0 Å². The molecule has 106 valence electrons. The summed E-state index contributed by atoms with van der Waals surface area (Å²) >= 11 is 0. The van der Waals surface area contributed by atoms with Crippen molar-refractivity contribution < 1.29 is 5.11 Å². The number of anilines is 3. The minimum absolute atomic E-state index is 0.659. The molecular formula is C18H18N2O. The van der Waals surface area contributed by atoms with E-state index in [2.05, 4.69) is 41.1 Å². The van der Waals surface area contributed by atoms with Gasteiger partial charge >= 0.3 is 0 Å². The van der Waals surface area contributed by atoms with Crippen LogP contribution < -0.4 is 9.80 Å². The van der Waals surface area contributed by atoms with Gasteiger partial charge in [0.25, 0.3) is 0 Å². The number of benzene rings is 2. The molecule has 1 N–H and O–H groups in total. The Labute approximate surface area is 125 Å². The Morgan fingerprint density at radius 1 is 0.952 bits per heavy atom. The van der Waals surface area contributed by atoms with E-state index in [1.54, 1.807) is 13.8 Å². The van der Waals surface area contributed by atoms with Gasteiger partial charge in [-0.3, -0.25) is 4.90 Å². The molecule has 0 amide bonds. The SMILES string of the molecule is CC(C)(O)C#CN1CN(c2ccccc2)c2ccccc21. The van der Waals surface area contributed by atoms with Crippen LogP contribution in [0.15, 0.2) is 54.6 Å². The van der Waals surface area contributed by atoms with Crippen LogP contribution in [0.5, 0.6) is 0 Å². The van der Waals surface area contributed by atoms with Crippen molar-refractivity contribution in [1.82, 2.24) is 0 Å². The number of rotatable bonds is 1. The summed E-state index contributed by atoms with van der Waals surface area (Å²) in [5.41, 5.74) is 2.35. The quantitative estimate of drug-likeness (QED) is 0.811. The Balaban J connectivity index is 1.99. The van der Waals surface area contributed by atoms with Gasteiger partial charge in [0.15, 0.2) is 0 Å². The van der Waals surface area contributed by atoms with Crippen LogP contribution in [0.25, 0.3) is 0 Å². The van der Waals surface area contributed by atoms with Crippen molar-refractivity contribution >= 4 is 17.1 Å². The Hall–Kier alpha value is -2.44. The van der Waals surface area contributed by atoms with E-state index in [0.29, 0.717) is 6.67 Å². The molecule has 0 saturated heterocycles. The van der Waals surface area contributed by atoms with Gasteiger partial charge in [-0.25, -0.2) is 0 Å². The van der Waals surface area contributed by atoms with Crippen molar-refractivity contribution in [3.05, 3.63) is 54.6 Å². The topological polar surface area (TPSA) is 26.7 Å². The van der Waals surface area contributed by atoms with E-state index in [-0.39, 0.29) is 0 Å². The monoisotopic (exact) mass is 278 g/mol. The second-order valence-electron chi connectivity index (χ2n) is 5.62. The van der Waals surface area contributed by atoms with Gasteiger partial charge in [0.1, 0.15) is 12.3 Å². The largest absolute Gasteiger partial charge is 0.378 e. The van der Waals surface area contributed by atoms with Crippen LogP contribution in [0, 0.1) is 12.0 Å². The number of aliphatic hydroxyl groups is 1. The van der Waals surface area contributed by atoms with Crippen LogP contribution in [0.1, 0.15) is 13.8 Å². The highest BCUT2D eigenvalue weighted by Crippen LogP contribution is 2.39. The third kappa shape index (κ3) is 2.86. The van der Waals surface area contributed by atoms with Gasteiger partial charge in [0.2, 0.25) is 0 Å². The van der Waals surface area contributed by atoms with Crippen LogP contribution in [-0.4, -0.2) is 17.4 Å². The van der Waals surface area contributed by atoms with Crippen LogP contribution in [0.4, 0.5) is 17.1 Å². The van der Waals surface area contributed by atoms with Crippen LogP contribution >= 0.6 is 0 Å². The number of nitrogens with zero attached hydrogens (tertiary/aromatic N) is 2. The van der Waals surface area contributed by atoms with E-state index in [9.17, 15) is 5.11 Å². The Morgan fingerprint density at radius 3 is 2.24 bits per heavy atom. The highest BCUT2D eigenvalue weighted by atomic mass is 16.3. The molecule has 2 aromatic rings. The zero-order valence-electron chi connectivity index (χ0n) is 12.2. The molecule has 0 fully saturated rings. The number of hydrogen-bond donors (Lipinski definition) is 1. The van der Waals surface area contributed by atoms with E-state index in [4.69, 9.17) is 0 Å². The molecule has 0 radical (unpaired) electrons. The molecule has 0 spiro atoms. The average Bonchev–Trinajstić information content (AvgIpc) is 2.84. The Kier molecular flexibility index (Phi) is 3.32. The fraction of sp³-hybridized carbons (Fsp3) is 0.222. The summed E-state index contributed by atoms with van der Waals surface area (Å²) in [4.78, 5) is 4.19. The van der Waals surface area contributed by atoms with E-state index in [1.807, 2.05) is 35.2 Å². The molecule has 21 heavy (non-hydrogen) atoms. The van der Waals surface area contributed by atoms with Crippen molar-refractivity contribution in [1.29, 1.82) is 0 Å². The molecule has 0 bridgehead atoms. The van der Waals surface area contributed by atoms with Gasteiger partial charge in [-0.1, -0.05) is 30.3 Å². The summed E-state index contributed by atoms with van der Waals surface area (Å²) in [5.74, 6) is 2.88. The summed E-state index contributed by atoms with van der Waals surface area (Å²) in [5, 5.41) is 9.80.